The molecule has 6 heteroatoms. The van der Waals surface area contributed by atoms with Crippen molar-refractivity contribution < 1.29 is 25.8 Å². The molecule has 2 fully saturated rings. The molecule has 3 unspecified atom stereocenters. The molecule has 0 amide bonds. The Labute approximate surface area is 327 Å². The molecule has 1 aromatic heterocycles. The molecular weight excluding hydrogens is 832 g/mol. The minimum atomic E-state index is -0.0363. The molecule has 10 rings (SSSR count). The first-order valence-electron chi connectivity index (χ1n) is 18.6. The van der Waals surface area contributed by atoms with E-state index in [0.717, 1.165) is 51.4 Å². The van der Waals surface area contributed by atoms with Crippen LogP contribution >= 0.6 is 0 Å². The van der Waals surface area contributed by atoms with Crippen LogP contribution in [0, 0.1) is 30.6 Å². The fourth-order valence-corrected chi connectivity index (χ4v) is 9.03. The molecule has 2 saturated carbocycles. The van der Waals surface area contributed by atoms with E-state index in [0.29, 0.717) is 17.5 Å². The van der Waals surface area contributed by atoms with Crippen molar-refractivity contribution in [1.82, 2.24) is 4.98 Å². The van der Waals surface area contributed by atoms with Crippen molar-refractivity contribution in [2.24, 2.45) is 11.8 Å². The number of rotatable bonds is 5. The Balaban J connectivity index is 0.00000372. The van der Waals surface area contributed by atoms with Gasteiger partial charge in [-0.1, -0.05) is 93.0 Å². The Morgan fingerprint density at radius 2 is 1.42 bits per heavy atom. The van der Waals surface area contributed by atoms with Gasteiger partial charge in [-0.15, -0.1) is 41.6 Å². The van der Waals surface area contributed by atoms with Crippen molar-refractivity contribution in [3.05, 3.63) is 146 Å². The van der Waals surface area contributed by atoms with Gasteiger partial charge in [0.1, 0.15) is 5.82 Å². The predicted octanol–water partition coefficient (Wildman–Crippen LogP) is 12.2. The monoisotopic (exact) mass is 872 g/mol. The molecule has 2 bridgehead atoms. The molecule has 4 aliphatic rings. The molecule has 2 aliphatic carbocycles. The summed E-state index contributed by atoms with van der Waals surface area (Å²) in [5.74, 6) is 3.77. The number of aromatic nitrogens is 1. The quantitative estimate of drug-likeness (QED) is 0.161. The van der Waals surface area contributed by atoms with Gasteiger partial charge >= 0.3 is 0 Å². The van der Waals surface area contributed by atoms with E-state index in [2.05, 4.69) is 157 Å². The van der Waals surface area contributed by atoms with Crippen LogP contribution in [-0.4, -0.2) is 11.0 Å². The topological polar surface area (TPSA) is 31.8 Å². The van der Waals surface area contributed by atoms with Crippen LogP contribution in [0.3, 0.4) is 0 Å². The van der Waals surface area contributed by atoms with Gasteiger partial charge in [0.25, 0.3) is 0 Å². The van der Waals surface area contributed by atoms with Crippen molar-refractivity contribution in [2.75, 3.05) is 14.7 Å². The van der Waals surface area contributed by atoms with Crippen molar-refractivity contribution in [3.63, 3.8) is 0 Å². The second kappa shape index (κ2) is 13.2. The second-order valence-corrected chi connectivity index (χ2v) is 15.8. The molecule has 5 aromatic carbocycles. The number of benzene rings is 5. The number of hydrogen-bond donors (Lipinski definition) is 0. The summed E-state index contributed by atoms with van der Waals surface area (Å²) in [6.07, 6.45) is 7.32. The van der Waals surface area contributed by atoms with Gasteiger partial charge in [0, 0.05) is 61.7 Å². The van der Waals surface area contributed by atoms with Crippen molar-refractivity contribution in [3.8, 4) is 33.8 Å². The molecule has 0 spiro atoms. The zero-order valence-corrected chi connectivity index (χ0v) is 32.5. The Bertz CT molecular complexity index is 2330. The third kappa shape index (κ3) is 5.85. The molecule has 2 aliphatic heterocycles. The molecule has 53 heavy (non-hydrogen) atoms. The van der Waals surface area contributed by atoms with Gasteiger partial charge in [0.15, 0.2) is 0 Å². The normalized spacial score (nSPS) is 19.5. The Morgan fingerprint density at radius 3 is 2.17 bits per heavy atom. The van der Waals surface area contributed by atoms with Crippen LogP contribution in [0.4, 0.5) is 34.3 Å². The molecule has 6 aromatic rings. The minimum Gasteiger partial charge on any atom is -0.509 e. The van der Waals surface area contributed by atoms with Crippen molar-refractivity contribution >= 4 is 34.3 Å². The first kappa shape index (κ1) is 33.9. The van der Waals surface area contributed by atoms with Gasteiger partial charge in [-0.05, 0) is 78.0 Å². The zero-order valence-electron chi connectivity index (χ0n) is 30.2. The number of pyridine rings is 1. The SMILES string of the molecule is CC(C)(C)c1ccnc(N2c3[c-]c(Oc4[c-]c(N5[CH-]N(C6CC7CCC6C7)c6ccccc65)ccc4)ccc3-c3ccccc3-c3ccccc32)c1.[Pt]. The van der Waals surface area contributed by atoms with E-state index in [-0.39, 0.29) is 26.5 Å². The summed E-state index contributed by atoms with van der Waals surface area (Å²) in [6, 6.07) is 48.5. The van der Waals surface area contributed by atoms with E-state index in [9.17, 15) is 0 Å². The van der Waals surface area contributed by atoms with Crippen molar-refractivity contribution in [1.29, 1.82) is 0 Å². The van der Waals surface area contributed by atoms with E-state index in [1.807, 2.05) is 18.3 Å². The fraction of sp³-hybridized carbons (Fsp3) is 0.234. The van der Waals surface area contributed by atoms with Gasteiger partial charge in [-0.25, -0.2) is 4.98 Å². The van der Waals surface area contributed by atoms with E-state index < -0.39 is 0 Å². The Hall–Kier alpha value is -4.86. The Kier molecular flexibility index (Phi) is 8.46. The van der Waals surface area contributed by atoms with Crippen LogP contribution in [0.15, 0.2) is 121 Å². The van der Waals surface area contributed by atoms with Crippen LogP contribution in [0.5, 0.6) is 11.5 Å². The average molecular weight is 873 g/mol. The zero-order chi connectivity index (χ0) is 35.0. The predicted molar refractivity (Wildman–Crippen MR) is 211 cm³/mol. The number of para-hydroxylation sites is 3. The molecule has 5 nitrogen and oxygen atoms in total. The van der Waals surface area contributed by atoms with E-state index in [1.54, 1.807) is 0 Å². The number of ether oxygens (including phenoxy) is 1. The molecule has 0 radical (unpaired) electrons. The average Bonchev–Trinajstić information content (AvgIpc) is 3.89. The third-order valence-corrected chi connectivity index (χ3v) is 11.6. The first-order chi connectivity index (χ1) is 25.4. The first-order valence-corrected chi connectivity index (χ1v) is 18.6. The van der Waals surface area contributed by atoms with Crippen LogP contribution < -0.4 is 19.4 Å². The summed E-state index contributed by atoms with van der Waals surface area (Å²) < 4.78 is 6.67. The molecule has 0 N–H and O–H groups in total. The molecular formula is C47H41N4OPt-3. The van der Waals surface area contributed by atoms with Crippen LogP contribution in [0.2, 0.25) is 0 Å². The van der Waals surface area contributed by atoms with Crippen LogP contribution in [0.25, 0.3) is 22.3 Å². The van der Waals surface area contributed by atoms with E-state index in [1.165, 1.54) is 48.2 Å². The largest absolute Gasteiger partial charge is 0.509 e. The maximum atomic E-state index is 6.67. The Morgan fingerprint density at radius 1 is 0.698 bits per heavy atom. The minimum absolute atomic E-state index is 0. The van der Waals surface area contributed by atoms with Crippen LogP contribution in [-0.2, 0) is 26.5 Å². The summed E-state index contributed by atoms with van der Waals surface area (Å²) in [5, 5.41) is 0. The van der Waals surface area contributed by atoms with Crippen molar-refractivity contribution in [2.45, 2.75) is 57.9 Å². The molecule has 3 heterocycles. The maximum absolute atomic E-state index is 6.67. The van der Waals surface area contributed by atoms with Gasteiger partial charge in [-0.2, -0.15) is 18.8 Å². The van der Waals surface area contributed by atoms with Gasteiger partial charge < -0.3 is 19.4 Å². The van der Waals surface area contributed by atoms with Gasteiger partial charge in [-0.3, -0.25) is 0 Å². The van der Waals surface area contributed by atoms with Gasteiger partial charge in [0.2, 0.25) is 0 Å². The maximum Gasteiger partial charge on any atom is 0.135 e. The summed E-state index contributed by atoms with van der Waals surface area (Å²) in [5.41, 5.74) is 11.1. The second-order valence-electron chi connectivity index (χ2n) is 15.8. The van der Waals surface area contributed by atoms with E-state index >= 15 is 0 Å². The summed E-state index contributed by atoms with van der Waals surface area (Å²) in [7, 11) is 0. The van der Waals surface area contributed by atoms with Gasteiger partial charge in [0.05, 0.1) is 5.69 Å². The fourth-order valence-electron chi connectivity index (χ4n) is 9.03. The number of hydrogen-bond acceptors (Lipinski definition) is 5. The van der Waals surface area contributed by atoms with E-state index in [4.69, 9.17) is 9.72 Å². The number of nitrogens with zero attached hydrogens (tertiary/aromatic N) is 4. The molecule has 268 valence electrons. The standard InChI is InChI=1S/C47H41N4O.Pt/c1-47(2,3)33-23-24-48-46(27-33)51-41-16-7-6-15-39(41)37-13-4-5-14-38(37)40-22-21-36(29-45(40)51)52-35-12-10-11-34(28-35)49-30-50(43-18-9-8-17-42(43)49)44-26-31-19-20-32(44)25-31;/h4-18,21-24,27,30-32,44H,19-20,25-26H2,1-3H3;/q-3;. The summed E-state index contributed by atoms with van der Waals surface area (Å²) in [6.45, 7) is 9.02. The summed E-state index contributed by atoms with van der Waals surface area (Å²) in [4.78, 5) is 12.0. The van der Waals surface area contributed by atoms with Crippen LogP contribution in [0.1, 0.15) is 52.0 Å². The summed E-state index contributed by atoms with van der Waals surface area (Å²) >= 11 is 0. The number of anilines is 6. The third-order valence-electron chi connectivity index (χ3n) is 11.6. The molecule has 3 atom stereocenters. The smallest absolute Gasteiger partial charge is 0.135 e. The number of fused-ring (bicyclic) bond motifs is 8. The molecule has 0 saturated heterocycles.